The minimum atomic E-state index is -0.493. The second-order valence-corrected chi connectivity index (χ2v) is 3.43. The molecule has 7 N–H and O–H groups in total. The maximum Gasteiger partial charge on any atom is 0.311 e. The lowest BCUT2D eigenvalue weighted by atomic mass is 10.0. The molecule has 0 saturated heterocycles. The van der Waals surface area contributed by atoms with Crippen molar-refractivity contribution in [2.75, 3.05) is 7.11 Å². The molecule has 0 aromatic rings. The maximum atomic E-state index is 10.8. The minimum absolute atomic E-state index is 0. The SMILES string of the molecule is COC(=O)C[C@H]([NH3+])C[C@@H](O)[C@@H](C)[NH3+].[Cl-].[Cl-]. The number of carbonyl (C=O) groups is 1. The van der Waals surface area contributed by atoms with Gasteiger partial charge in [-0.2, -0.15) is 0 Å². The van der Waals surface area contributed by atoms with Crippen LogP contribution >= 0.6 is 0 Å². The van der Waals surface area contributed by atoms with Crippen LogP contribution in [0.4, 0.5) is 0 Å². The van der Waals surface area contributed by atoms with Gasteiger partial charge in [-0.05, 0) is 6.92 Å². The number of quaternary nitrogens is 2. The zero-order valence-corrected chi connectivity index (χ0v) is 10.6. The van der Waals surface area contributed by atoms with Crippen LogP contribution in [0.5, 0.6) is 0 Å². The number of hydrogen-bond acceptors (Lipinski definition) is 3. The molecule has 0 aliphatic carbocycles. The zero-order valence-electron chi connectivity index (χ0n) is 9.08. The first-order chi connectivity index (χ1) is 5.97. The topological polar surface area (TPSA) is 102 Å². The summed E-state index contributed by atoms with van der Waals surface area (Å²) in [5.41, 5.74) is 7.46. The first-order valence-corrected chi connectivity index (χ1v) is 4.38. The lowest BCUT2D eigenvalue weighted by molar-refractivity contribution is -0.451. The summed E-state index contributed by atoms with van der Waals surface area (Å²) >= 11 is 0. The average molecular weight is 263 g/mol. The van der Waals surface area contributed by atoms with E-state index in [1.807, 2.05) is 6.92 Å². The van der Waals surface area contributed by atoms with Gasteiger partial charge in [-0.15, -0.1) is 0 Å². The largest absolute Gasteiger partial charge is 1.00 e. The average Bonchev–Trinajstić information content (AvgIpc) is 2.03. The van der Waals surface area contributed by atoms with Crippen LogP contribution in [0.1, 0.15) is 19.8 Å². The van der Waals surface area contributed by atoms with Crippen LogP contribution in [0.25, 0.3) is 0 Å². The standard InChI is InChI=1S/C8H18N2O3.2ClH/c1-5(9)7(11)3-6(10)4-8(12)13-2;;/h5-7,11H,3-4,9-10H2,1-2H3;2*1H/t5-,6-,7-;;/m1../s1. The Morgan fingerprint density at radius 2 is 1.87 bits per heavy atom. The van der Waals surface area contributed by atoms with Crippen LogP contribution in [0.15, 0.2) is 0 Å². The lowest BCUT2D eigenvalue weighted by Gasteiger charge is -2.14. The van der Waals surface area contributed by atoms with Gasteiger partial charge in [0, 0.05) is 6.42 Å². The summed E-state index contributed by atoms with van der Waals surface area (Å²) in [7, 11) is 1.34. The van der Waals surface area contributed by atoms with Crippen molar-refractivity contribution < 1.29 is 50.9 Å². The van der Waals surface area contributed by atoms with Crippen molar-refractivity contribution in [3.63, 3.8) is 0 Å². The first-order valence-electron chi connectivity index (χ1n) is 4.38. The fourth-order valence-corrected chi connectivity index (χ4v) is 0.976. The van der Waals surface area contributed by atoms with Gasteiger partial charge in [0.25, 0.3) is 0 Å². The number of aliphatic hydroxyl groups excluding tert-OH is 1. The Labute approximate surface area is 102 Å². The van der Waals surface area contributed by atoms with E-state index in [4.69, 9.17) is 0 Å². The fourth-order valence-electron chi connectivity index (χ4n) is 0.976. The number of methoxy groups -OCH3 is 1. The molecule has 0 bridgehead atoms. The van der Waals surface area contributed by atoms with Gasteiger partial charge in [-0.1, -0.05) is 0 Å². The Hall–Kier alpha value is -0.0700. The lowest BCUT2D eigenvalue weighted by Crippen LogP contribution is -3.00. The highest BCUT2D eigenvalue weighted by atomic mass is 35.5. The number of ether oxygens (including phenoxy) is 1. The predicted octanol–water partition coefficient (Wildman–Crippen LogP) is -8.45. The molecule has 0 aliphatic heterocycles. The third-order valence-electron chi connectivity index (χ3n) is 1.91. The van der Waals surface area contributed by atoms with Crippen molar-refractivity contribution >= 4 is 5.97 Å². The number of halogens is 2. The molecule has 5 nitrogen and oxygen atoms in total. The second kappa shape index (κ2) is 10.4. The Balaban J connectivity index is -0.000000720. The molecule has 94 valence electrons. The van der Waals surface area contributed by atoms with Crippen LogP contribution in [-0.2, 0) is 9.53 Å². The van der Waals surface area contributed by atoms with E-state index in [9.17, 15) is 9.90 Å². The van der Waals surface area contributed by atoms with E-state index in [-0.39, 0.29) is 49.3 Å². The molecule has 0 rings (SSSR count). The Bertz CT molecular complexity index is 170. The molecular weight excluding hydrogens is 243 g/mol. The molecule has 0 unspecified atom stereocenters. The van der Waals surface area contributed by atoms with E-state index in [0.29, 0.717) is 6.42 Å². The molecule has 0 aromatic carbocycles. The first kappa shape index (κ1) is 20.4. The quantitative estimate of drug-likeness (QED) is 0.429. The van der Waals surface area contributed by atoms with E-state index in [0.717, 1.165) is 0 Å². The molecule has 15 heavy (non-hydrogen) atoms. The second-order valence-electron chi connectivity index (χ2n) is 3.43. The van der Waals surface area contributed by atoms with Crippen LogP contribution in [0.3, 0.4) is 0 Å². The van der Waals surface area contributed by atoms with Gasteiger partial charge < -0.3 is 46.1 Å². The van der Waals surface area contributed by atoms with Crippen molar-refractivity contribution in [2.24, 2.45) is 0 Å². The molecule has 0 fully saturated rings. The van der Waals surface area contributed by atoms with Gasteiger partial charge in [0.15, 0.2) is 0 Å². The molecule has 0 aromatic heterocycles. The van der Waals surface area contributed by atoms with E-state index in [2.05, 4.69) is 16.2 Å². The smallest absolute Gasteiger partial charge is 0.311 e. The Morgan fingerprint density at radius 3 is 2.20 bits per heavy atom. The highest BCUT2D eigenvalue weighted by molar-refractivity contribution is 5.69. The van der Waals surface area contributed by atoms with Gasteiger partial charge >= 0.3 is 5.97 Å². The Kier molecular flexibility index (Phi) is 14.2. The molecular formula is C8H20Cl2N2O3. The summed E-state index contributed by atoms with van der Waals surface area (Å²) in [6.45, 7) is 1.83. The summed E-state index contributed by atoms with van der Waals surface area (Å²) < 4.78 is 4.49. The normalized spacial score (nSPS) is 15.3. The van der Waals surface area contributed by atoms with Crippen LogP contribution < -0.4 is 36.3 Å². The molecule has 0 aliphatic rings. The molecule has 0 spiro atoms. The molecule has 7 heteroatoms. The summed E-state index contributed by atoms with van der Waals surface area (Å²) in [4.78, 5) is 10.8. The predicted molar refractivity (Wildman–Crippen MR) is 46.3 cm³/mol. The zero-order chi connectivity index (χ0) is 10.4. The monoisotopic (exact) mass is 262 g/mol. The molecule has 3 atom stereocenters. The summed E-state index contributed by atoms with van der Waals surface area (Å²) in [6, 6.07) is -0.145. The van der Waals surface area contributed by atoms with Gasteiger partial charge in [0.05, 0.1) is 19.6 Å². The number of carbonyl (C=O) groups excluding carboxylic acids is 1. The van der Waals surface area contributed by atoms with Crippen molar-refractivity contribution in [1.29, 1.82) is 0 Å². The molecule has 0 saturated carbocycles. The molecule has 0 radical (unpaired) electrons. The number of aliphatic hydroxyl groups is 1. The maximum absolute atomic E-state index is 10.8. The summed E-state index contributed by atoms with van der Waals surface area (Å²) in [5.74, 6) is -0.288. The van der Waals surface area contributed by atoms with Gasteiger partial charge in [-0.25, -0.2) is 0 Å². The fraction of sp³-hybridized carbons (Fsp3) is 0.875. The number of rotatable bonds is 5. The van der Waals surface area contributed by atoms with Crippen LogP contribution in [-0.4, -0.2) is 36.4 Å². The minimum Gasteiger partial charge on any atom is -1.00 e. The summed E-state index contributed by atoms with van der Waals surface area (Å²) in [5, 5.41) is 9.43. The van der Waals surface area contributed by atoms with Gasteiger partial charge in [0.1, 0.15) is 12.1 Å². The third kappa shape index (κ3) is 10.2. The van der Waals surface area contributed by atoms with E-state index in [1.165, 1.54) is 7.11 Å². The molecule has 0 amide bonds. The van der Waals surface area contributed by atoms with Crippen molar-refractivity contribution in [3.8, 4) is 0 Å². The van der Waals surface area contributed by atoms with Crippen molar-refractivity contribution in [3.05, 3.63) is 0 Å². The van der Waals surface area contributed by atoms with Crippen LogP contribution in [0, 0.1) is 0 Å². The van der Waals surface area contributed by atoms with E-state index < -0.39 is 6.10 Å². The number of esters is 1. The third-order valence-corrected chi connectivity index (χ3v) is 1.91. The van der Waals surface area contributed by atoms with Gasteiger partial charge in [0.2, 0.25) is 0 Å². The van der Waals surface area contributed by atoms with E-state index in [1.54, 1.807) is 0 Å². The number of hydrogen-bond donors (Lipinski definition) is 3. The van der Waals surface area contributed by atoms with Crippen LogP contribution in [0.2, 0.25) is 0 Å². The Morgan fingerprint density at radius 1 is 1.40 bits per heavy atom. The van der Waals surface area contributed by atoms with Gasteiger partial charge in [-0.3, -0.25) is 4.79 Å². The van der Waals surface area contributed by atoms with E-state index >= 15 is 0 Å². The highest BCUT2D eigenvalue weighted by Crippen LogP contribution is 2.01. The molecule has 0 heterocycles. The van der Waals surface area contributed by atoms with Crippen molar-refractivity contribution in [1.82, 2.24) is 0 Å². The highest BCUT2D eigenvalue weighted by Gasteiger charge is 2.21. The summed E-state index contributed by atoms with van der Waals surface area (Å²) in [6.07, 6.45) is 0.243. The van der Waals surface area contributed by atoms with Crippen molar-refractivity contribution in [2.45, 2.75) is 38.0 Å².